The van der Waals surface area contributed by atoms with E-state index in [0.29, 0.717) is 26.3 Å². The quantitative estimate of drug-likeness (QED) is 0.264. The number of nitrogens with one attached hydrogen (secondary N) is 1. The fourth-order valence-corrected chi connectivity index (χ4v) is 8.46. The second-order valence-corrected chi connectivity index (χ2v) is 13.1. The SMILES string of the molecule is Cc1ccc(NC(=O)Cn2c3c(sc2=O)[C@H](c2cccc(Br)c2)C2C(=O)N(c4ccc(Cl)cc4)C(=O)C2S3)cc1. The highest BCUT2D eigenvalue weighted by Crippen LogP contribution is 2.54. The molecule has 4 aromatic rings. The van der Waals surface area contributed by atoms with Gasteiger partial charge in [0.25, 0.3) is 0 Å². The topological polar surface area (TPSA) is 88.5 Å². The van der Waals surface area contributed by atoms with E-state index in [9.17, 15) is 19.2 Å². The molecule has 1 aromatic heterocycles. The van der Waals surface area contributed by atoms with Crippen LogP contribution in [-0.4, -0.2) is 27.5 Å². The Labute approximate surface area is 251 Å². The number of thiazole rings is 1. The van der Waals surface area contributed by atoms with E-state index in [2.05, 4.69) is 21.2 Å². The van der Waals surface area contributed by atoms with Crippen molar-refractivity contribution in [3.63, 3.8) is 0 Å². The van der Waals surface area contributed by atoms with Crippen LogP contribution in [0.4, 0.5) is 11.4 Å². The third-order valence-corrected chi connectivity index (χ3v) is 10.3. The number of imide groups is 1. The molecule has 0 aliphatic carbocycles. The van der Waals surface area contributed by atoms with Crippen LogP contribution in [0.1, 0.15) is 21.9 Å². The summed E-state index contributed by atoms with van der Waals surface area (Å²) in [6.45, 7) is 1.75. The van der Waals surface area contributed by atoms with Gasteiger partial charge in [-0.1, -0.05) is 80.5 Å². The minimum atomic E-state index is -0.764. The van der Waals surface area contributed by atoms with Crippen molar-refractivity contribution in [2.24, 2.45) is 5.92 Å². The zero-order valence-electron chi connectivity index (χ0n) is 21.0. The van der Waals surface area contributed by atoms with Crippen molar-refractivity contribution >= 4 is 79.7 Å². The van der Waals surface area contributed by atoms with Crippen molar-refractivity contribution in [1.29, 1.82) is 0 Å². The number of carbonyl (C=O) groups is 3. The number of anilines is 2. The predicted octanol–water partition coefficient (Wildman–Crippen LogP) is 6.07. The maximum absolute atomic E-state index is 13.9. The largest absolute Gasteiger partial charge is 0.325 e. The highest BCUT2D eigenvalue weighted by Gasteiger charge is 2.56. The Morgan fingerprint density at radius 3 is 2.42 bits per heavy atom. The maximum atomic E-state index is 13.9. The van der Waals surface area contributed by atoms with Gasteiger partial charge in [-0.3, -0.25) is 23.7 Å². The summed E-state index contributed by atoms with van der Waals surface area (Å²) in [5.41, 5.74) is 2.94. The zero-order valence-corrected chi connectivity index (χ0v) is 24.9. The summed E-state index contributed by atoms with van der Waals surface area (Å²) < 4.78 is 2.23. The Hall–Kier alpha value is -3.18. The molecule has 3 heterocycles. The third kappa shape index (κ3) is 4.83. The van der Waals surface area contributed by atoms with Crippen LogP contribution in [-0.2, 0) is 20.9 Å². The Balaban J connectivity index is 1.41. The highest BCUT2D eigenvalue weighted by atomic mass is 79.9. The fourth-order valence-electron chi connectivity index (χ4n) is 5.14. The molecule has 202 valence electrons. The molecule has 40 heavy (non-hydrogen) atoms. The van der Waals surface area contributed by atoms with E-state index in [-0.39, 0.29) is 29.1 Å². The smallest absolute Gasteiger partial charge is 0.308 e. The van der Waals surface area contributed by atoms with Gasteiger partial charge in [-0.2, -0.15) is 0 Å². The summed E-state index contributed by atoms with van der Waals surface area (Å²) >= 11 is 11.8. The Bertz CT molecular complexity index is 1720. The van der Waals surface area contributed by atoms with Gasteiger partial charge >= 0.3 is 4.87 Å². The van der Waals surface area contributed by atoms with Gasteiger partial charge in [0.05, 0.1) is 16.6 Å². The summed E-state index contributed by atoms with van der Waals surface area (Å²) in [5, 5.41) is 3.11. The number of aryl methyl sites for hydroxylation is 1. The first-order valence-electron chi connectivity index (χ1n) is 12.4. The second-order valence-electron chi connectivity index (χ2n) is 9.62. The van der Waals surface area contributed by atoms with Crippen molar-refractivity contribution < 1.29 is 14.4 Å². The van der Waals surface area contributed by atoms with Gasteiger partial charge in [0.15, 0.2) is 0 Å². The van der Waals surface area contributed by atoms with Gasteiger partial charge in [-0.25, -0.2) is 4.90 Å². The molecule has 6 rings (SSSR count). The van der Waals surface area contributed by atoms with Crippen LogP contribution >= 0.6 is 50.6 Å². The van der Waals surface area contributed by atoms with Crippen molar-refractivity contribution in [3.8, 4) is 0 Å². The number of fused-ring (bicyclic) bond motifs is 2. The number of hydrogen-bond donors (Lipinski definition) is 1. The van der Waals surface area contributed by atoms with Crippen LogP contribution < -0.4 is 15.1 Å². The molecular weight excluding hydrogens is 634 g/mol. The molecule has 1 saturated heterocycles. The van der Waals surface area contributed by atoms with E-state index < -0.39 is 17.1 Å². The van der Waals surface area contributed by atoms with E-state index in [1.54, 1.807) is 36.4 Å². The van der Waals surface area contributed by atoms with Gasteiger partial charge in [0, 0.05) is 26.0 Å². The predicted molar refractivity (Wildman–Crippen MR) is 161 cm³/mol. The first kappa shape index (κ1) is 27.0. The Morgan fingerprint density at radius 1 is 1.00 bits per heavy atom. The molecule has 0 saturated carbocycles. The average molecular weight is 655 g/mol. The summed E-state index contributed by atoms with van der Waals surface area (Å²) in [6, 6.07) is 21.5. The van der Waals surface area contributed by atoms with Crippen LogP contribution in [0.15, 0.2) is 87.1 Å². The average Bonchev–Trinajstić information content (AvgIpc) is 3.36. The minimum Gasteiger partial charge on any atom is -0.325 e. The number of nitrogens with zero attached hydrogens (tertiary/aromatic N) is 2. The number of aromatic nitrogens is 1. The van der Waals surface area contributed by atoms with E-state index in [0.717, 1.165) is 26.9 Å². The van der Waals surface area contributed by atoms with E-state index >= 15 is 0 Å². The first-order valence-corrected chi connectivity index (χ1v) is 15.2. The summed E-state index contributed by atoms with van der Waals surface area (Å²) in [5.74, 6) is -2.30. The molecule has 11 heteroatoms. The number of benzene rings is 3. The number of thioether (sulfide) groups is 1. The van der Waals surface area contributed by atoms with Crippen LogP contribution in [0.2, 0.25) is 5.02 Å². The lowest BCUT2D eigenvalue weighted by Crippen LogP contribution is -2.33. The number of hydrogen-bond acceptors (Lipinski definition) is 6. The molecule has 2 aliphatic heterocycles. The molecular formula is C29H21BrClN3O4S2. The van der Waals surface area contributed by atoms with Gasteiger partial charge < -0.3 is 5.32 Å². The standard InChI is InChI=1S/C29H21BrClN3O4S2/c1-15-5-9-19(10-6-15)32-21(35)14-33-28-25(40-29(33)38)22(16-3-2-4-17(30)13-16)23-24(39-28)27(37)34(26(23)36)20-11-7-18(31)8-12-20/h2-13,22-24H,14H2,1H3,(H,32,35)/t22-,23?,24?/m1/s1. The van der Waals surface area contributed by atoms with Crippen molar-refractivity contribution in [2.75, 3.05) is 10.2 Å². The van der Waals surface area contributed by atoms with E-state index in [1.807, 2.05) is 43.3 Å². The molecule has 0 bridgehead atoms. The van der Waals surface area contributed by atoms with Gasteiger partial charge in [-0.15, -0.1) is 0 Å². The van der Waals surface area contributed by atoms with Gasteiger partial charge in [0.1, 0.15) is 11.8 Å². The Morgan fingerprint density at radius 2 is 1.73 bits per heavy atom. The van der Waals surface area contributed by atoms with Crippen molar-refractivity contribution in [3.05, 3.63) is 108 Å². The molecule has 2 aliphatic rings. The molecule has 3 amide bonds. The van der Waals surface area contributed by atoms with Crippen molar-refractivity contribution in [2.45, 2.75) is 29.7 Å². The first-order chi connectivity index (χ1) is 19.2. The van der Waals surface area contributed by atoms with Crippen LogP contribution in [0.3, 0.4) is 0 Å². The number of amides is 3. The molecule has 0 radical (unpaired) electrons. The van der Waals surface area contributed by atoms with Crippen LogP contribution in [0.5, 0.6) is 0 Å². The van der Waals surface area contributed by atoms with E-state index in [1.165, 1.54) is 21.2 Å². The highest BCUT2D eigenvalue weighted by molar-refractivity contribution is 9.10. The molecule has 0 spiro atoms. The number of rotatable bonds is 5. The lowest BCUT2D eigenvalue weighted by Gasteiger charge is -2.30. The molecule has 3 atom stereocenters. The molecule has 1 fully saturated rings. The van der Waals surface area contributed by atoms with Gasteiger partial charge in [0.2, 0.25) is 17.7 Å². The van der Waals surface area contributed by atoms with Crippen molar-refractivity contribution in [1.82, 2.24) is 4.57 Å². The summed E-state index contributed by atoms with van der Waals surface area (Å²) in [6.07, 6.45) is 0. The van der Waals surface area contributed by atoms with Gasteiger partial charge in [-0.05, 0) is 61.0 Å². The maximum Gasteiger partial charge on any atom is 0.308 e. The third-order valence-electron chi connectivity index (χ3n) is 6.98. The molecule has 7 nitrogen and oxygen atoms in total. The monoisotopic (exact) mass is 653 g/mol. The summed E-state index contributed by atoms with van der Waals surface area (Å²) in [4.78, 5) is 55.5. The fraction of sp³-hybridized carbons (Fsp3) is 0.172. The lowest BCUT2D eigenvalue weighted by atomic mass is 9.83. The lowest BCUT2D eigenvalue weighted by molar-refractivity contribution is -0.122. The van der Waals surface area contributed by atoms with E-state index in [4.69, 9.17) is 11.6 Å². The molecule has 3 aromatic carbocycles. The number of carbonyl (C=O) groups excluding carboxylic acids is 3. The number of halogens is 2. The normalized spacial score (nSPS) is 19.9. The Kier molecular flexibility index (Phi) is 7.20. The summed E-state index contributed by atoms with van der Waals surface area (Å²) in [7, 11) is 0. The molecule has 1 N–H and O–H groups in total. The molecule has 2 unspecified atom stereocenters. The second kappa shape index (κ2) is 10.7. The van der Waals surface area contributed by atoms with Crippen LogP contribution in [0, 0.1) is 12.8 Å². The minimum absolute atomic E-state index is 0.211. The zero-order chi connectivity index (χ0) is 28.1. The van der Waals surface area contributed by atoms with Crippen LogP contribution in [0.25, 0.3) is 0 Å².